The lowest BCUT2D eigenvalue weighted by atomic mass is 10.3. The summed E-state index contributed by atoms with van der Waals surface area (Å²) in [5.41, 5.74) is 10.2. The third-order valence-corrected chi connectivity index (χ3v) is 2.15. The van der Waals surface area contributed by atoms with Crippen LogP contribution in [0.25, 0.3) is 27.1 Å². The van der Waals surface area contributed by atoms with Gasteiger partial charge in [0.25, 0.3) is 0 Å². The van der Waals surface area contributed by atoms with Crippen LogP contribution in [0.4, 0.5) is 5.82 Å². The fraction of sp³-hybridized carbons (Fsp3) is 0. The van der Waals surface area contributed by atoms with Crippen LogP contribution in [-0.4, -0.2) is 25.0 Å². The molecular weight excluding hydrogens is 208 g/mol. The van der Waals surface area contributed by atoms with Crippen molar-refractivity contribution in [3.63, 3.8) is 0 Å². The van der Waals surface area contributed by atoms with Gasteiger partial charge in [-0.3, -0.25) is 0 Å². The summed E-state index contributed by atoms with van der Waals surface area (Å²) >= 11 is 0. The molecule has 3 rings (SSSR count). The topological polar surface area (TPSA) is 105 Å². The van der Waals surface area contributed by atoms with Gasteiger partial charge in [-0.2, -0.15) is 4.52 Å². The van der Waals surface area contributed by atoms with Gasteiger partial charge in [-0.25, -0.2) is 4.98 Å². The number of tetrazole rings is 1. The second-order valence-corrected chi connectivity index (χ2v) is 3.03. The van der Waals surface area contributed by atoms with Gasteiger partial charge in [0.1, 0.15) is 0 Å². The number of aromatic nitrogens is 5. The molecular formula is C8H4N8. The molecule has 0 N–H and O–H groups in total. The molecule has 0 saturated heterocycles. The lowest BCUT2D eigenvalue weighted by Gasteiger charge is -2.00. The predicted molar refractivity (Wildman–Crippen MR) is 54.9 cm³/mol. The number of nitrogens with zero attached hydrogens (tertiary/aromatic N) is 8. The molecule has 1 aromatic carbocycles. The Bertz CT molecular complexity index is 723. The van der Waals surface area contributed by atoms with Crippen molar-refractivity contribution >= 4 is 22.5 Å². The zero-order valence-electron chi connectivity index (χ0n) is 7.89. The minimum absolute atomic E-state index is 0.172. The normalized spacial score (nSPS) is 10.5. The van der Waals surface area contributed by atoms with E-state index in [-0.39, 0.29) is 5.82 Å². The van der Waals surface area contributed by atoms with Crippen molar-refractivity contribution in [1.82, 2.24) is 25.0 Å². The Labute approximate surface area is 88.1 Å². The fourth-order valence-corrected chi connectivity index (χ4v) is 1.50. The molecule has 0 amide bonds. The summed E-state index contributed by atoms with van der Waals surface area (Å²) in [6, 6.07) is 7.34. The summed E-state index contributed by atoms with van der Waals surface area (Å²) in [5.74, 6) is 0.172. The van der Waals surface area contributed by atoms with E-state index < -0.39 is 0 Å². The van der Waals surface area contributed by atoms with E-state index in [0.717, 1.165) is 5.52 Å². The molecule has 76 valence electrons. The van der Waals surface area contributed by atoms with Gasteiger partial charge in [-0.05, 0) is 33.2 Å². The molecule has 3 aromatic rings. The molecule has 16 heavy (non-hydrogen) atoms. The molecule has 0 bridgehead atoms. The Morgan fingerprint density at radius 3 is 3.06 bits per heavy atom. The van der Waals surface area contributed by atoms with Crippen molar-refractivity contribution in [1.29, 1.82) is 0 Å². The van der Waals surface area contributed by atoms with Gasteiger partial charge in [0.15, 0.2) is 5.82 Å². The van der Waals surface area contributed by atoms with Crippen LogP contribution in [0.3, 0.4) is 0 Å². The van der Waals surface area contributed by atoms with Crippen LogP contribution in [-0.2, 0) is 0 Å². The number of azide groups is 1. The molecule has 8 heteroatoms. The summed E-state index contributed by atoms with van der Waals surface area (Å²) in [6.45, 7) is 0. The second-order valence-electron chi connectivity index (χ2n) is 3.03. The van der Waals surface area contributed by atoms with Crippen molar-refractivity contribution in [2.45, 2.75) is 0 Å². The van der Waals surface area contributed by atoms with Crippen molar-refractivity contribution in [3.8, 4) is 0 Å². The van der Waals surface area contributed by atoms with Crippen LogP contribution in [0, 0.1) is 0 Å². The zero-order chi connectivity index (χ0) is 11.0. The van der Waals surface area contributed by atoms with E-state index in [2.05, 4.69) is 30.5 Å². The first-order chi connectivity index (χ1) is 7.90. The summed E-state index contributed by atoms with van der Waals surface area (Å²) in [4.78, 5) is 6.88. The van der Waals surface area contributed by atoms with Crippen LogP contribution < -0.4 is 0 Å². The summed E-state index contributed by atoms with van der Waals surface area (Å²) in [6.07, 6.45) is 0. The Hall–Kier alpha value is -2.73. The maximum Gasteiger partial charge on any atom is 0.207 e. The van der Waals surface area contributed by atoms with Crippen LogP contribution in [0.15, 0.2) is 29.4 Å². The van der Waals surface area contributed by atoms with E-state index >= 15 is 0 Å². The molecule has 0 unspecified atom stereocenters. The Morgan fingerprint density at radius 2 is 2.19 bits per heavy atom. The van der Waals surface area contributed by atoms with Gasteiger partial charge < -0.3 is 0 Å². The minimum Gasteiger partial charge on any atom is -0.241 e. The largest absolute Gasteiger partial charge is 0.241 e. The average molecular weight is 212 g/mol. The van der Waals surface area contributed by atoms with Crippen molar-refractivity contribution < 1.29 is 0 Å². The first-order valence-electron chi connectivity index (χ1n) is 4.42. The highest BCUT2D eigenvalue weighted by Crippen LogP contribution is 2.20. The molecule has 0 saturated carbocycles. The highest BCUT2D eigenvalue weighted by Gasteiger charge is 2.09. The van der Waals surface area contributed by atoms with Gasteiger partial charge in [-0.15, -0.1) is 5.10 Å². The monoisotopic (exact) mass is 212 g/mol. The van der Waals surface area contributed by atoms with Crippen LogP contribution in [0.2, 0.25) is 0 Å². The lowest BCUT2D eigenvalue weighted by molar-refractivity contribution is 0.840. The molecule has 0 aliphatic carbocycles. The summed E-state index contributed by atoms with van der Waals surface area (Å²) in [7, 11) is 0. The molecule has 0 aliphatic rings. The van der Waals surface area contributed by atoms with Crippen LogP contribution in [0.1, 0.15) is 0 Å². The van der Waals surface area contributed by atoms with E-state index in [1.807, 2.05) is 18.2 Å². The van der Waals surface area contributed by atoms with Crippen LogP contribution in [0.5, 0.6) is 0 Å². The molecule has 2 aromatic heterocycles. The van der Waals surface area contributed by atoms with Gasteiger partial charge in [0.05, 0.1) is 11.0 Å². The van der Waals surface area contributed by atoms with E-state index in [4.69, 9.17) is 5.53 Å². The third-order valence-electron chi connectivity index (χ3n) is 2.15. The predicted octanol–water partition coefficient (Wildman–Crippen LogP) is 1.61. The van der Waals surface area contributed by atoms with Gasteiger partial charge >= 0.3 is 0 Å². The van der Waals surface area contributed by atoms with Gasteiger partial charge in [0.2, 0.25) is 5.65 Å². The fourth-order valence-electron chi connectivity index (χ4n) is 1.50. The molecule has 0 atom stereocenters. The van der Waals surface area contributed by atoms with E-state index in [0.29, 0.717) is 11.2 Å². The highest BCUT2D eigenvalue weighted by molar-refractivity contribution is 5.80. The Morgan fingerprint density at radius 1 is 1.31 bits per heavy atom. The number of benzene rings is 1. The van der Waals surface area contributed by atoms with E-state index in [1.165, 1.54) is 4.52 Å². The summed E-state index contributed by atoms with van der Waals surface area (Å²) in [5, 5.41) is 14.6. The third kappa shape index (κ3) is 1.07. The van der Waals surface area contributed by atoms with Crippen molar-refractivity contribution in [2.24, 2.45) is 5.11 Å². The smallest absolute Gasteiger partial charge is 0.207 e. The first kappa shape index (κ1) is 8.57. The molecule has 0 radical (unpaired) electrons. The number of fused-ring (bicyclic) bond motifs is 3. The number of hydrogen-bond acceptors (Lipinski definition) is 5. The number of hydrogen-bond donors (Lipinski definition) is 0. The standard InChI is InChI=1S/C8H4N8/c9-13-11-7-8-12-14-15-16(8)6-4-2-1-3-5(6)10-7/h1-4H. The van der Waals surface area contributed by atoms with Crippen LogP contribution >= 0.6 is 0 Å². The Balaban J connectivity index is 2.57. The number of rotatable bonds is 1. The molecule has 0 fully saturated rings. The molecule has 0 spiro atoms. The van der Waals surface area contributed by atoms with Crippen molar-refractivity contribution in [3.05, 3.63) is 34.7 Å². The zero-order valence-corrected chi connectivity index (χ0v) is 7.89. The maximum absolute atomic E-state index is 8.43. The van der Waals surface area contributed by atoms with E-state index in [9.17, 15) is 0 Å². The SMILES string of the molecule is [N-]=[N+]=Nc1nc2ccccc2n2nnnc12. The molecule has 0 aliphatic heterocycles. The minimum atomic E-state index is 0.172. The summed E-state index contributed by atoms with van der Waals surface area (Å²) < 4.78 is 1.49. The quantitative estimate of drug-likeness (QED) is 0.347. The lowest BCUT2D eigenvalue weighted by Crippen LogP contribution is -1.93. The van der Waals surface area contributed by atoms with Gasteiger partial charge in [-0.1, -0.05) is 12.1 Å². The number of para-hydroxylation sites is 2. The molecule has 2 heterocycles. The molecule has 8 nitrogen and oxygen atoms in total. The maximum atomic E-state index is 8.43. The van der Waals surface area contributed by atoms with Crippen molar-refractivity contribution in [2.75, 3.05) is 0 Å². The highest BCUT2D eigenvalue weighted by atomic mass is 15.5. The average Bonchev–Trinajstić information content (AvgIpc) is 2.79. The second kappa shape index (κ2) is 3.14. The van der Waals surface area contributed by atoms with E-state index in [1.54, 1.807) is 6.07 Å². The first-order valence-corrected chi connectivity index (χ1v) is 4.42. The Kier molecular flexibility index (Phi) is 1.68. The van der Waals surface area contributed by atoms with Gasteiger partial charge in [0, 0.05) is 4.91 Å².